The average molecular weight is 269 g/mol. The molecule has 0 bridgehead atoms. The van der Waals surface area contributed by atoms with E-state index < -0.39 is 0 Å². The Morgan fingerprint density at radius 3 is 2.47 bits per heavy atom. The van der Waals surface area contributed by atoms with E-state index in [9.17, 15) is 0 Å². The predicted octanol–water partition coefficient (Wildman–Crippen LogP) is 3.92. The molecule has 2 heteroatoms. The number of ether oxygens (including phenoxy) is 1. The van der Waals surface area contributed by atoms with Gasteiger partial charge in [0.1, 0.15) is 11.9 Å². The van der Waals surface area contributed by atoms with E-state index in [-0.39, 0.29) is 0 Å². The highest BCUT2D eigenvalue weighted by atomic mass is 79.9. The van der Waals surface area contributed by atoms with Gasteiger partial charge in [0.15, 0.2) is 0 Å². The molecule has 1 saturated carbocycles. The molecule has 0 atom stereocenters. The van der Waals surface area contributed by atoms with Gasteiger partial charge in [-0.25, -0.2) is 0 Å². The second kappa shape index (κ2) is 4.17. The number of benzene rings is 1. The second-order valence-corrected chi connectivity index (χ2v) is 5.81. The smallest absolute Gasteiger partial charge is 0.123 e. The summed E-state index contributed by atoms with van der Waals surface area (Å²) in [6.07, 6.45) is 2.67. The summed E-state index contributed by atoms with van der Waals surface area (Å²) in [6.45, 7) is 6.39. The molecule has 0 aliphatic heterocycles. The fourth-order valence-electron chi connectivity index (χ4n) is 1.90. The lowest BCUT2D eigenvalue weighted by Crippen LogP contribution is -2.34. The first-order valence-electron chi connectivity index (χ1n) is 5.45. The number of hydrogen-bond donors (Lipinski definition) is 0. The zero-order valence-electron chi connectivity index (χ0n) is 9.51. The third-order valence-electron chi connectivity index (χ3n) is 3.09. The van der Waals surface area contributed by atoms with Crippen LogP contribution in [0.5, 0.6) is 5.75 Å². The van der Waals surface area contributed by atoms with Crippen LogP contribution in [0.3, 0.4) is 0 Å². The first-order valence-corrected chi connectivity index (χ1v) is 6.36. The summed E-state index contributed by atoms with van der Waals surface area (Å²) in [5, 5.41) is 0. The van der Waals surface area contributed by atoms with Crippen molar-refractivity contribution in [3.8, 4) is 5.75 Å². The molecule has 82 valence electrons. The van der Waals surface area contributed by atoms with Crippen LogP contribution in [0.4, 0.5) is 0 Å². The summed E-state index contributed by atoms with van der Waals surface area (Å²) in [6, 6.07) is 4.35. The van der Waals surface area contributed by atoms with Crippen LogP contribution in [0, 0.1) is 20.8 Å². The molecule has 0 unspecified atom stereocenters. The van der Waals surface area contributed by atoms with Gasteiger partial charge in [-0.15, -0.1) is 0 Å². The molecule has 2 rings (SSSR count). The molecule has 0 aromatic heterocycles. The van der Waals surface area contributed by atoms with Crippen molar-refractivity contribution >= 4 is 15.9 Å². The van der Waals surface area contributed by atoms with Gasteiger partial charge in [0.05, 0.1) is 0 Å². The van der Waals surface area contributed by atoms with E-state index in [1.165, 1.54) is 16.7 Å². The van der Waals surface area contributed by atoms with Crippen LogP contribution in [0.15, 0.2) is 12.1 Å². The van der Waals surface area contributed by atoms with E-state index in [1.54, 1.807) is 0 Å². The number of rotatable bonds is 2. The Hall–Kier alpha value is -0.500. The zero-order valence-corrected chi connectivity index (χ0v) is 11.1. The van der Waals surface area contributed by atoms with Crippen molar-refractivity contribution in [2.45, 2.75) is 44.5 Å². The first-order chi connectivity index (χ1) is 7.06. The van der Waals surface area contributed by atoms with E-state index in [0.717, 1.165) is 18.6 Å². The fraction of sp³-hybridized carbons (Fsp3) is 0.538. The van der Waals surface area contributed by atoms with Crippen molar-refractivity contribution < 1.29 is 4.74 Å². The number of hydrogen-bond acceptors (Lipinski definition) is 1. The Morgan fingerprint density at radius 1 is 1.20 bits per heavy atom. The highest BCUT2D eigenvalue weighted by Gasteiger charge is 2.28. The lowest BCUT2D eigenvalue weighted by atomic mass is 9.95. The third-order valence-corrected chi connectivity index (χ3v) is 3.84. The van der Waals surface area contributed by atoms with Gasteiger partial charge in [0.2, 0.25) is 0 Å². The lowest BCUT2D eigenvalue weighted by Gasteiger charge is -2.32. The monoisotopic (exact) mass is 268 g/mol. The van der Waals surface area contributed by atoms with Gasteiger partial charge in [0, 0.05) is 4.83 Å². The van der Waals surface area contributed by atoms with Crippen LogP contribution in [0.1, 0.15) is 29.5 Å². The Labute approximate surface area is 100.0 Å². The molecule has 0 spiro atoms. The van der Waals surface area contributed by atoms with E-state index in [1.807, 2.05) is 0 Å². The molecule has 1 fully saturated rings. The number of halogens is 1. The minimum atomic E-state index is 0.411. The summed E-state index contributed by atoms with van der Waals surface area (Å²) >= 11 is 3.58. The van der Waals surface area contributed by atoms with Crippen LogP contribution in [0.2, 0.25) is 0 Å². The second-order valence-electron chi connectivity index (χ2n) is 4.51. The molecule has 1 aliphatic rings. The van der Waals surface area contributed by atoms with Gasteiger partial charge >= 0.3 is 0 Å². The number of alkyl halides is 1. The highest BCUT2D eigenvalue weighted by molar-refractivity contribution is 9.09. The predicted molar refractivity (Wildman–Crippen MR) is 67.0 cm³/mol. The third kappa shape index (κ3) is 2.36. The summed E-state index contributed by atoms with van der Waals surface area (Å²) in [4.78, 5) is 0.661. The van der Waals surface area contributed by atoms with Gasteiger partial charge in [-0.2, -0.15) is 0 Å². The maximum Gasteiger partial charge on any atom is 0.123 e. The summed E-state index contributed by atoms with van der Waals surface area (Å²) in [5.74, 6) is 1.07. The van der Waals surface area contributed by atoms with Gasteiger partial charge < -0.3 is 4.74 Å². The Balaban J connectivity index is 2.13. The first kappa shape index (κ1) is 11.0. The van der Waals surface area contributed by atoms with E-state index in [4.69, 9.17) is 4.74 Å². The van der Waals surface area contributed by atoms with Gasteiger partial charge in [-0.3, -0.25) is 0 Å². The molecule has 0 saturated heterocycles. The van der Waals surface area contributed by atoms with E-state index >= 15 is 0 Å². The summed E-state index contributed by atoms with van der Waals surface area (Å²) in [7, 11) is 0. The minimum absolute atomic E-state index is 0.411. The topological polar surface area (TPSA) is 9.23 Å². The molecular formula is C13H17BrO. The largest absolute Gasteiger partial charge is 0.490 e. The van der Waals surface area contributed by atoms with E-state index in [0.29, 0.717) is 10.9 Å². The molecule has 0 radical (unpaired) electrons. The van der Waals surface area contributed by atoms with Gasteiger partial charge in [0.25, 0.3) is 0 Å². The fourth-order valence-corrected chi connectivity index (χ4v) is 2.73. The summed E-state index contributed by atoms with van der Waals surface area (Å²) in [5.41, 5.74) is 3.88. The molecule has 1 aromatic rings. The Kier molecular flexibility index (Phi) is 3.06. The quantitative estimate of drug-likeness (QED) is 0.739. The molecular weight excluding hydrogens is 252 g/mol. The van der Waals surface area contributed by atoms with Crippen molar-refractivity contribution in [1.29, 1.82) is 0 Å². The van der Waals surface area contributed by atoms with Crippen molar-refractivity contribution in [1.82, 2.24) is 0 Å². The molecule has 15 heavy (non-hydrogen) atoms. The highest BCUT2D eigenvalue weighted by Crippen LogP contribution is 2.33. The van der Waals surface area contributed by atoms with Crippen LogP contribution in [-0.4, -0.2) is 10.9 Å². The van der Waals surface area contributed by atoms with Crippen molar-refractivity contribution in [2.24, 2.45) is 0 Å². The van der Waals surface area contributed by atoms with Crippen molar-refractivity contribution in [3.63, 3.8) is 0 Å². The molecule has 1 aliphatic carbocycles. The minimum Gasteiger partial charge on any atom is -0.490 e. The summed E-state index contributed by atoms with van der Waals surface area (Å²) < 4.78 is 5.98. The van der Waals surface area contributed by atoms with Crippen LogP contribution >= 0.6 is 15.9 Å². The number of aryl methyl sites for hydroxylation is 2. The molecule has 1 aromatic carbocycles. The maximum absolute atomic E-state index is 5.98. The SMILES string of the molecule is Cc1cc(C)c(C)c(OC2CC(Br)C2)c1. The molecule has 1 nitrogen and oxygen atoms in total. The van der Waals surface area contributed by atoms with Crippen molar-refractivity contribution in [2.75, 3.05) is 0 Å². The molecule has 0 amide bonds. The van der Waals surface area contributed by atoms with E-state index in [2.05, 4.69) is 48.8 Å². The standard InChI is InChI=1S/C13H17BrO/c1-8-4-9(2)10(3)13(5-8)15-12-6-11(14)7-12/h4-5,11-12H,6-7H2,1-3H3. The molecule has 0 N–H and O–H groups in total. The van der Waals surface area contributed by atoms with Crippen LogP contribution < -0.4 is 4.74 Å². The normalized spacial score (nSPS) is 24.8. The Bertz CT molecular complexity index is 367. The average Bonchev–Trinajstić information content (AvgIpc) is 2.10. The Morgan fingerprint density at radius 2 is 1.87 bits per heavy atom. The zero-order chi connectivity index (χ0) is 11.0. The van der Waals surface area contributed by atoms with Gasteiger partial charge in [-0.05, 0) is 56.4 Å². The van der Waals surface area contributed by atoms with Gasteiger partial charge in [-0.1, -0.05) is 22.0 Å². The van der Waals surface area contributed by atoms with Crippen LogP contribution in [-0.2, 0) is 0 Å². The lowest BCUT2D eigenvalue weighted by molar-refractivity contribution is 0.127. The van der Waals surface area contributed by atoms with Crippen LogP contribution in [0.25, 0.3) is 0 Å². The maximum atomic E-state index is 5.98. The molecule has 0 heterocycles. The van der Waals surface area contributed by atoms with Crippen molar-refractivity contribution in [3.05, 3.63) is 28.8 Å².